The van der Waals surface area contributed by atoms with Crippen LogP contribution in [0.4, 0.5) is 51.2 Å². The van der Waals surface area contributed by atoms with Crippen LogP contribution in [-0.4, -0.2) is 52.3 Å². The Balaban J connectivity index is 1.85. The first kappa shape index (κ1) is 27.6. The predicted molar refractivity (Wildman–Crippen MR) is 132 cm³/mol. The SMILES string of the molecule is COc1cc(F)c([N+](=O)[O-])cc1Nc1ncc2c(n1)N(c1cccc(OC)c1Cl)C(=O)N([C@@H](C)C(F)(F)F)C2. The first-order chi connectivity index (χ1) is 18.4. The average Bonchev–Trinajstić information content (AvgIpc) is 2.88. The third kappa shape index (κ3) is 5.16. The summed E-state index contributed by atoms with van der Waals surface area (Å²) in [4.78, 5) is 33.6. The number of halogens is 5. The van der Waals surface area contributed by atoms with Crippen LogP contribution in [0.5, 0.6) is 11.5 Å². The largest absolute Gasteiger partial charge is 0.495 e. The van der Waals surface area contributed by atoms with Gasteiger partial charge in [0, 0.05) is 23.9 Å². The van der Waals surface area contributed by atoms with E-state index in [2.05, 4.69) is 15.3 Å². The fourth-order valence-electron chi connectivity index (χ4n) is 3.83. The van der Waals surface area contributed by atoms with Gasteiger partial charge in [-0.2, -0.15) is 22.5 Å². The summed E-state index contributed by atoms with van der Waals surface area (Å²) in [6.07, 6.45) is -3.54. The number of ether oxygens (including phenoxy) is 2. The van der Waals surface area contributed by atoms with Gasteiger partial charge in [-0.15, -0.1) is 0 Å². The number of nitrogens with zero attached hydrogens (tertiary/aromatic N) is 5. The number of alkyl halides is 3. The van der Waals surface area contributed by atoms with E-state index >= 15 is 0 Å². The number of carbonyl (C=O) groups is 1. The Morgan fingerprint density at radius 3 is 2.51 bits per heavy atom. The first-order valence-electron chi connectivity index (χ1n) is 11.0. The van der Waals surface area contributed by atoms with E-state index in [0.717, 1.165) is 24.0 Å². The molecule has 11 nitrogen and oxygen atoms in total. The molecule has 206 valence electrons. The number of aromatic nitrogens is 2. The van der Waals surface area contributed by atoms with Crippen LogP contribution in [0, 0.1) is 15.9 Å². The lowest BCUT2D eigenvalue weighted by molar-refractivity contribution is -0.387. The normalized spacial score (nSPS) is 14.1. The number of rotatable bonds is 7. The molecule has 0 saturated heterocycles. The summed E-state index contributed by atoms with van der Waals surface area (Å²) in [5.41, 5.74) is -0.799. The molecule has 0 unspecified atom stereocenters. The van der Waals surface area contributed by atoms with Gasteiger partial charge in [0.15, 0.2) is 5.82 Å². The predicted octanol–water partition coefficient (Wildman–Crippen LogP) is 5.96. The molecule has 0 aliphatic carbocycles. The van der Waals surface area contributed by atoms with Gasteiger partial charge in [-0.3, -0.25) is 10.1 Å². The van der Waals surface area contributed by atoms with Crippen molar-refractivity contribution in [1.29, 1.82) is 0 Å². The van der Waals surface area contributed by atoms with E-state index in [1.165, 1.54) is 38.6 Å². The molecule has 0 spiro atoms. The maximum absolute atomic E-state index is 14.1. The molecule has 0 bridgehead atoms. The topological polar surface area (TPSA) is 123 Å². The van der Waals surface area contributed by atoms with E-state index in [1.807, 2.05) is 0 Å². The second kappa shape index (κ2) is 10.4. The highest BCUT2D eigenvalue weighted by Crippen LogP contribution is 2.43. The van der Waals surface area contributed by atoms with Crippen LogP contribution in [0.25, 0.3) is 0 Å². The molecule has 3 aromatic rings. The van der Waals surface area contributed by atoms with Crippen molar-refractivity contribution >= 4 is 46.5 Å². The highest BCUT2D eigenvalue weighted by atomic mass is 35.5. The molecule has 1 atom stereocenters. The molecule has 2 aromatic carbocycles. The van der Waals surface area contributed by atoms with E-state index in [4.69, 9.17) is 21.1 Å². The number of urea groups is 1. The Hall–Kier alpha value is -4.40. The van der Waals surface area contributed by atoms with Gasteiger partial charge >= 0.3 is 17.9 Å². The fraction of sp³-hybridized carbons (Fsp3) is 0.261. The molecule has 39 heavy (non-hydrogen) atoms. The summed E-state index contributed by atoms with van der Waals surface area (Å²) >= 11 is 6.43. The number of nitrogens with one attached hydrogen (secondary N) is 1. The van der Waals surface area contributed by atoms with Crippen LogP contribution in [0.15, 0.2) is 36.5 Å². The minimum atomic E-state index is -4.73. The molecule has 2 amide bonds. The summed E-state index contributed by atoms with van der Waals surface area (Å²) in [6.45, 7) is 0.372. The summed E-state index contributed by atoms with van der Waals surface area (Å²) in [5.74, 6) is -1.43. The number of hydrogen-bond donors (Lipinski definition) is 1. The number of hydrogen-bond acceptors (Lipinski definition) is 8. The van der Waals surface area contributed by atoms with Crippen molar-refractivity contribution < 1.29 is 36.8 Å². The maximum atomic E-state index is 14.1. The van der Waals surface area contributed by atoms with Crippen molar-refractivity contribution in [3.63, 3.8) is 0 Å². The van der Waals surface area contributed by atoms with E-state index < -0.39 is 41.2 Å². The van der Waals surface area contributed by atoms with Crippen molar-refractivity contribution in [2.75, 3.05) is 24.4 Å². The molecule has 1 aliphatic rings. The molecular formula is C23H19ClF4N6O5. The lowest BCUT2D eigenvalue weighted by Gasteiger charge is -2.39. The quantitative estimate of drug-likeness (QED) is 0.210. The van der Waals surface area contributed by atoms with Crippen molar-refractivity contribution in [2.24, 2.45) is 0 Å². The van der Waals surface area contributed by atoms with Gasteiger partial charge in [-0.25, -0.2) is 14.7 Å². The summed E-state index contributed by atoms with van der Waals surface area (Å²) in [7, 11) is 2.54. The lowest BCUT2D eigenvalue weighted by Crippen LogP contribution is -2.53. The highest BCUT2D eigenvalue weighted by molar-refractivity contribution is 6.35. The van der Waals surface area contributed by atoms with Gasteiger partial charge in [0.1, 0.15) is 22.6 Å². The van der Waals surface area contributed by atoms with E-state index in [-0.39, 0.29) is 45.2 Å². The third-order valence-electron chi connectivity index (χ3n) is 5.89. The van der Waals surface area contributed by atoms with Crippen LogP contribution in [0.3, 0.4) is 0 Å². The summed E-state index contributed by atoms with van der Waals surface area (Å²) in [5, 5.41) is 13.8. The molecule has 2 heterocycles. The minimum absolute atomic E-state index is 0.0130. The zero-order valence-corrected chi connectivity index (χ0v) is 21.2. The summed E-state index contributed by atoms with van der Waals surface area (Å²) in [6, 6.07) is 2.82. The third-order valence-corrected chi connectivity index (χ3v) is 6.27. The number of nitro groups is 1. The van der Waals surface area contributed by atoms with Gasteiger partial charge in [0.2, 0.25) is 11.8 Å². The summed E-state index contributed by atoms with van der Waals surface area (Å²) < 4.78 is 65.2. The number of carbonyl (C=O) groups excluding carboxylic acids is 1. The van der Waals surface area contributed by atoms with Gasteiger partial charge in [0.05, 0.1) is 37.1 Å². The molecule has 0 radical (unpaired) electrons. The average molecular weight is 571 g/mol. The van der Waals surface area contributed by atoms with Crippen LogP contribution in [0.2, 0.25) is 5.02 Å². The Labute approximate surface area is 223 Å². The van der Waals surface area contributed by atoms with Crippen LogP contribution in [0.1, 0.15) is 12.5 Å². The number of nitro benzene ring substituents is 1. The molecule has 1 N–H and O–H groups in total. The fourth-order valence-corrected chi connectivity index (χ4v) is 4.12. The second-order valence-electron chi connectivity index (χ2n) is 8.19. The van der Waals surface area contributed by atoms with Gasteiger partial charge in [-0.1, -0.05) is 17.7 Å². The van der Waals surface area contributed by atoms with Crippen molar-refractivity contribution in [2.45, 2.75) is 25.7 Å². The Bertz CT molecular complexity index is 1460. The number of methoxy groups -OCH3 is 2. The number of fused-ring (bicyclic) bond motifs is 1. The van der Waals surface area contributed by atoms with Crippen LogP contribution in [-0.2, 0) is 6.54 Å². The van der Waals surface area contributed by atoms with Gasteiger partial charge < -0.3 is 19.7 Å². The van der Waals surface area contributed by atoms with Crippen molar-refractivity contribution in [3.05, 3.63) is 63.0 Å². The van der Waals surface area contributed by atoms with E-state index in [0.29, 0.717) is 4.90 Å². The van der Waals surface area contributed by atoms with Gasteiger partial charge in [0.25, 0.3) is 0 Å². The standard InChI is InChI=1S/C23H19ClF4N6O5/c1-11(23(26,27)28)32-10-12-9-29-21(30-14-8-16(34(36)37)13(25)7-18(14)39-3)31-20(12)33(22(32)35)15-5-4-6-17(38-2)19(15)24/h4-9,11H,10H2,1-3H3,(H,29,30,31)/t11-/m0/s1. The Kier molecular flexibility index (Phi) is 7.37. The smallest absolute Gasteiger partial charge is 0.408 e. The van der Waals surface area contributed by atoms with Gasteiger partial charge in [-0.05, 0) is 19.1 Å². The molecule has 0 saturated carbocycles. The van der Waals surface area contributed by atoms with Crippen LogP contribution >= 0.6 is 11.6 Å². The molecule has 1 aromatic heterocycles. The molecular weight excluding hydrogens is 552 g/mol. The second-order valence-corrected chi connectivity index (χ2v) is 8.56. The zero-order chi connectivity index (χ0) is 28.6. The maximum Gasteiger partial charge on any atom is 0.408 e. The van der Waals surface area contributed by atoms with E-state index in [1.54, 1.807) is 0 Å². The zero-order valence-electron chi connectivity index (χ0n) is 20.4. The lowest BCUT2D eigenvalue weighted by atomic mass is 10.1. The first-order valence-corrected chi connectivity index (χ1v) is 11.4. The minimum Gasteiger partial charge on any atom is -0.495 e. The number of anilines is 4. The van der Waals surface area contributed by atoms with Crippen LogP contribution < -0.4 is 19.7 Å². The monoisotopic (exact) mass is 570 g/mol. The molecule has 16 heteroatoms. The molecule has 4 rings (SSSR count). The van der Waals surface area contributed by atoms with Crippen molar-refractivity contribution in [3.8, 4) is 11.5 Å². The van der Waals surface area contributed by atoms with E-state index in [9.17, 15) is 32.5 Å². The Morgan fingerprint density at radius 2 is 1.90 bits per heavy atom. The molecule has 1 aliphatic heterocycles. The molecule has 0 fully saturated rings. The number of benzene rings is 2. The van der Waals surface area contributed by atoms with Crippen molar-refractivity contribution in [1.82, 2.24) is 14.9 Å². The number of amides is 2. The Morgan fingerprint density at radius 1 is 1.21 bits per heavy atom. The highest BCUT2D eigenvalue weighted by Gasteiger charge is 2.46.